The summed E-state index contributed by atoms with van der Waals surface area (Å²) in [5.41, 5.74) is 6.58. The Morgan fingerprint density at radius 1 is 1.19 bits per heavy atom. The van der Waals surface area contributed by atoms with Crippen molar-refractivity contribution in [3.63, 3.8) is 0 Å². The van der Waals surface area contributed by atoms with E-state index in [1.165, 1.54) is 24.7 Å². The number of aliphatic imine (C=N–C) groups is 1. The molecule has 11 nitrogen and oxygen atoms in total. The van der Waals surface area contributed by atoms with Crippen LogP contribution in [0.3, 0.4) is 0 Å². The molecule has 2 atom stereocenters. The molecule has 1 aliphatic rings. The molecule has 0 amide bonds. The summed E-state index contributed by atoms with van der Waals surface area (Å²) >= 11 is 0. The molecule has 4 rings (SSSR count). The number of para-hydroxylation sites is 1. The van der Waals surface area contributed by atoms with Gasteiger partial charge in [0.15, 0.2) is 17.3 Å². The molecule has 2 aromatic heterocycles. The third kappa shape index (κ3) is 4.76. The van der Waals surface area contributed by atoms with Gasteiger partial charge in [0.05, 0.1) is 24.8 Å². The summed E-state index contributed by atoms with van der Waals surface area (Å²) < 4.78 is 49.1. The first-order valence-corrected chi connectivity index (χ1v) is 12.2. The average molecular weight is 512 g/mol. The van der Waals surface area contributed by atoms with E-state index in [1.54, 1.807) is 32.1 Å². The highest BCUT2D eigenvalue weighted by atomic mass is 32.2. The van der Waals surface area contributed by atoms with Crippen LogP contribution >= 0.6 is 0 Å². The van der Waals surface area contributed by atoms with Gasteiger partial charge in [-0.3, -0.25) is 9.29 Å². The van der Waals surface area contributed by atoms with Crippen LogP contribution in [-0.2, 0) is 10.0 Å². The normalized spacial score (nSPS) is 14.7. The van der Waals surface area contributed by atoms with Crippen molar-refractivity contribution in [1.82, 2.24) is 24.7 Å². The van der Waals surface area contributed by atoms with Gasteiger partial charge in [-0.05, 0) is 31.7 Å². The molecule has 0 unspecified atom stereocenters. The number of anilines is 1. The Balaban J connectivity index is 1.82. The molecule has 0 saturated carbocycles. The number of nitrogens with zero attached hydrogens (tertiary/aromatic N) is 6. The molecule has 0 spiro atoms. The topological polar surface area (TPSA) is 144 Å². The number of phenolic OH excluding ortho intramolecular Hbond substituents is 1. The molecule has 186 valence electrons. The fraction of sp³-hybridized carbons (Fsp3) is 0.261. The summed E-state index contributed by atoms with van der Waals surface area (Å²) in [5.74, 6) is -1.28. The van der Waals surface area contributed by atoms with Gasteiger partial charge in [-0.2, -0.15) is 0 Å². The van der Waals surface area contributed by atoms with Crippen LogP contribution in [0.15, 0.2) is 53.1 Å². The Morgan fingerprint density at radius 2 is 1.92 bits per heavy atom. The average Bonchev–Trinajstić information content (AvgIpc) is 3.25. The Bertz CT molecular complexity index is 1550. The third-order valence-corrected chi connectivity index (χ3v) is 7.38. The molecule has 0 bridgehead atoms. The zero-order valence-corrected chi connectivity index (χ0v) is 20.6. The van der Waals surface area contributed by atoms with Gasteiger partial charge in [-0.1, -0.05) is 18.7 Å². The van der Waals surface area contributed by atoms with Gasteiger partial charge in [0.2, 0.25) is 16.0 Å². The van der Waals surface area contributed by atoms with Crippen LogP contribution in [0.1, 0.15) is 38.3 Å². The molecule has 3 aromatic rings. The number of phenols is 1. The first-order chi connectivity index (χ1) is 17.1. The largest absolute Gasteiger partial charge is 0.506 e. The van der Waals surface area contributed by atoms with Crippen LogP contribution in [0.4, 0.5) is 10.3 Å². The molecule has 0 aliphatic carbocycles. The van der Waals surface area contributed by atoms with E-state index in [0.717, 1.165) is 12.4 Å². The van der Waals surface area contributed by atoms with E-state index in [0.29, 0.717) is 5.71 Å². The summed E-state index contributed by atoms with van der Waals surface area (Å²) in [5, 5.41) is 17.8. The van der Waals surface area contributed by atoms with Crippen molar-refractivity contribution in [3.8, 4) is 17.2 Å². The number of sulfonamides is 1. The van der Waals surface area contributed by atoms with Gasteiger partial charge in [-0.25, -0.2) is 27.8 Å². The molecule has 0 saturated heterocycles. The quantitative estimate of drug-likeness (QED) is 0.439. The summed E-state index contributed by atoms with van der Waals surface area (Å²) in [6.45, 7) is 4.83. The molecule has 3 heterocycles. The van der Waals surface area contributed by atoms with Crippen molar-refractivity contribution in [2.75, 3.05) is 11.8 Å². The monoisotopic (exact) mass is 511 g/mol. The standard InChI is InChI=1S/C23H22FN7O4S/c1-13-7-5-8-17(27-13)22-28-29-23(31(22)20-18(32)9-6-10-19(20)35-4)30-36(33,34)15(3)14(2)21-25-11-16(24)12-26-21/h6-7,9-12,14-15,32H,1-4H3,(H,29,30)/t14-,15-/m0/s1. The van der Waals surface area contributed by atoms with E-state index in [9.17, 15) is 17.9 Å². The van der Waals surface area contributed by atoms with E-state index in [1.807, 2.05) is 0 Å². The van der Waals surface area contributed by atoms with E-state index in [-0.39, 0.29) is 40.5 Å². The fourth-order valence-corrected chi connectivity index (χ4v) is 4.66. The Morgan fingerprint density at radius 3 is 2.58 bits per heavy atom. The lowest BCUT2D eigenvalue weighted by Crippen LogP contribution is -2.31. The van der Waals surface area contributed by atoms with E-state index < -0.39 is 27.0 Å². The summed E-state index contributed by atoms with van der Waals surface area (Å²) in [7, 11) is -2.71. The first kappa shape index (κ1) is 24.8. The fourth-order valence-electron chi connectivity index (χ4n) is 3.42. The molecule has 1 aromatic carbocycles. The molecule has 0 fully saturated rings. The second-order valence-electron chi connectivity index (χ2n) is 7.93. The molecule has 2 N–H and O–H groups in total. The number of aromatic nitrogens is 5. The van der Waals surface area contributed by atoms with Gasteiger partial charge in [0, 0.05) is 17.7 Å². The van der Waals surface area contributed by atoms with Crippen molar-refractivity contribution in [2.24, 2.45) is 4.99 Å². The lowest BCUT2D eigenvalue weighted by Gasteiger charge is -2.21. The summed E-state index contributed by atoms with van der Waals surface area (Å²) in [6, 6.07) is 4.58. The molecule has 1 aliphatic heterocycles. The number of benzene rings is 1. The molecular formula is C23H22FN7O4S. The second-order valence-corrected chi connectivity index (χ2v) is 9.96. The number of rotatable bonds is 8. The molecule has 13 heteroatoms. The van der Waals surface area contributed by atoms with E-state index >= 15 is 0 Å². The highest BCUT2D eigenvalue weighted by Gasteiger charge is 2.32. The maximum Gasteiger partial charge on any atom is 0.243 e. The minimum absolute atomic E-state index is 0.0926. The Labute approximate surface area is 206 Å². The molecule has 0 radical (unpaired) electrons. The Kier molecular flexibility index (Phi) is 6.71. The predicted molar refractivity (Wildman–Crippen MR) is 130 cm³/mol. The zero-order chi connectivity index (χ0) is 26.0. The number of hydrogen-bond acceptors (Lipinski definition) is 9. The number of hydrogen-bond donors (Lipinski definition) is 2. The highest BCUT2D eigenvalue weighted by molar-refractivity contribution is 7.93. The number of ether oxygens (including phenoxy) is 1. The van der Waals surface area contributed by atoms with Crippen LogP contribution in [0.5, 0.6) is 11.5 Å². The maximum absolute atomic E-state index is 13.4. The van der Waals surface area contributed by atoms with Gasteiger partial charge in [0.25, 0.3) is 0 Å². The number of nitrogens with one attached hydrogen (secondary N) is 1. The van der Waals surface area contributed by atoms with Crippen molar-refractivity contribution in [3.05, 3.63) is 65.6 Å². The molecular weight excluding hydrogens is 489 g/mol. The third-order valence-electron chi connectivity index (χ3n) is 5.53. The number of halogens is 1. The highest BCUT2D eigenvalue weighted by Crippen LogP contribution is 2.36. The van der Waals surface area contributed by atoms with Crippen LogP contribution in [-0.4, -0.2) is 56.3 Å². The van der Waals surface area contributed by atoms with Crippen LogP contribution in [0.25, 0.3) is 11.4 Å². The van der Waals surface area contributed by atoms with Gasteiger partial charge in [0.1, 0.15) is 23.0 Å². The number of methoxy groups -OCH3 is 1. The number of aromatic hydroxyl groups is 1. The van der Waals surface area contributed by atoms with Crippen molar-refractivity contribution in [1.29, 1.82) is 0 Å². The van der Waals surface area contributed by atoms with E-state index in [4.69, 9.17) is 4.74 Å². The van der Waals surface area contributed by atoms with Crippen LogP contribution < -0.4 is 9.46 Å². The minimum atomic E-state index is -4.12. The zero-order valence-electron chi connectivity index (χ0n) is 19.8. The SMILES string of the molecule is COc1cccc(O)c1-n1c(NS(=O)(=O)[C@@H](C)[C@H](C)c2ncc(F)cn2)nnc1C1=C=C=CC(C)=N1. The summed E-state index contributed by atoms with van der Waals surface area (Å²) in [6.07, 6.45) is 3.57. The van der Waals surface area contributed by atoms with Gasteiger partial charge >= 0.3 is 0 Å². The van der Waals surface area contributed by atoms with E-state index in [2.05, 4.69) is 41.3 Å². The van der Waals surface area contributed by atoms with Crippen molar-refractivity contribution < 1.29 is 22.7 Å². The molecule has 36 heavy (non-hydrogen) atoms. The first-order valence-electron chi connectivity index (χ1n) is 10.7. The predicted octanol–water partition coefficient (Wildman–Crippen LogP) is 2.97. The lowest BCUT2D eigenvalue weighted by atomic mass is 10.1. The van der Waals surface area contributed by atoms with Gasteiger partial charge in [-0.15, -0.1) is 10.2 Å². The van der Waals surface area contributed by atoms with Crippen molar-refractivity contribution >= 4 is 27.4 Å². The summed E-state index contributed by atoms with van der Waals surface area (Å²) in [4.78, 5) is 12.2. The maximum atomic E-state index is 13.4. The van der Waals surface area contributed by atoms with Gasteiger partial charge < -0.3 is 9.84 Å². The second kappa shape index (κ2) is 9.74. The Hall–Kier alpha value is -4.31. The van der Waals surface area contributed by atoms with Crippen LogP contribution in [0, 0.1) is 5.82 Å². The smallest absolute Gasteiger partial charge is 0.243 e. The lowest BCUT2D eigenvalue weighted by molar-refractivity contribution is 0.404. The van der Waals surface area contributed by atoms with Crippen molar-refractivity contribution in [2.45, 2.75) is 31.9 Å². The minimum Gasteiger partial charge on any atom is -0.506 e. The van der Waals surface area contributed by atoms with Crippen LogP contribution in [0.2, 0.25) is 0 Å². The number of allylic oxidation sites excluding steroid dienone is 1.